The molecule has 1 aliphatic carbocycles. The molecular weight excluding hydrogens is 254 g/mol. The molecule has 0 amide bonds. The van der Waals surface area contributed by atoms with E-state index in [1.165, 1.54) is 0 Å². The molecule has 0 radical (unpaired) electrons. The van der Waals surface area contributed by atoms with Gasteiger partial charge in [0.05, 0.1) is 12.0 Å². The van der Waals surface area contributed by atoms with Gasteiger partial charge in [0.2, 0.25) is 0 Å². The molecule has 1 aliphatic rings. The quantitative estimate of drug-likeness (QED) is 0.914. The van der Waals surface area contributed by atoms with Crippen LogP contribution in [0, 0.1) is 0 Å². The number of halogens is 1. The molecule has 0 saturated heterocycles. The standard InChI is InChI=1S/C12H14BrNO/c13-10-4-1-3-9(7-10)12(5-2-6-12)11(15)8-14/h1,3-4,7H,2,5-6,8,14H2. The summed E-state index contributed by atoms with van der Waals surface area (Å²) >= 11 is 3.44. The number of carbonyl (C=O) groups excluding carboxylic acids is 1. The Labute approximate surface area is 98.0 Å². The van der Waals surface area contributed by atoms with E-state index in [0.29, 0.717) is 0 Å². The molecule has 0 aromatic heterocycles. The van der Waals surface area contributed by atoms with Crippen LogP contribution in [0.1, 0.15) is 24.8 Å². The molecular formula is C12H14BrNO. The molecule has 2 nitrogen and oxygen atoms in total. The minimum Gasteiger partial charge on any atom is -0.324 e. The topological polar surface area (TPSA) is 43.1 Å². The number of hydrogen-bond donors (Lipinski definition) is 1. The number of hydrogen-bond acceptors (Lipinski definition) is 2. The number of benzene rings is 1. The van der Waals surface area contributed by atoms with Crippen LogP contribution in [0.4, 0.5) is 0 Å². The normalized spacial score (nSPS) is 18.3. The van der Waals surface area contributed by atoms with Crippen molar-refractivity contribution in [3.8, 4) is 0 Å². The number of nitrogens with two attached hydrogens (primary N) is 1. The van der Waals surface area contributed by atoms with Crippen molar-refractivity contribution in [3.63, 3.8) is 0 Å². The molecule has 0 atom stereocenters. The van der Waals surface area contributed by atoms with E-state index in [-0.39, 0.29) is 17.7 Å². The third-order valence-electron chi connectivity index (χ3n) is 3.30. The van der Waals surface area contributed by atoms with Crippen molar-refractivity contribution >= 4 is 21.7 Å². The van der Waals surface area contributed by atoms with E-state index in [4.69, 9.17) is 5.73 Å². The average molecular weight is 268 g/mol. The molecule has 1 aromatic rings. The smallest absolute Gasteiger partial charge is 0.156 e. The maximum absolute atomic E-state index is 11.9. The van der Waals surface area contributed by atoms with Crippen LogP contribution in [-0.4, -0.2) is 12.3 Å². The Morgan fingerprint density at radius 3 is 2.67 bits per heavy atom. The first kappa shape index (κ1) is 10.8. The van der Waals surface area contributed by atoms with Crippen LogP contribution in [0.5, 0.6) is 0 Å². The van der Waals surface area contributed by atoms with Crippen LogP contribution < -0.4 is 5.73 Å². The lowest BCUT2D eigenvalue weighted by Gasteiger charge is -2.40. The van der Waals surface area contributed by atoms with Gasteiger partial charge in [-0.25, -0.2) is 0 Å². The molecule has 2 rings (SSSR count). The summed E-state index contributed by atoms with van der Waals surface area (Å²) in [7, 11) is 0. The molecule has 15 heavy (non-hydrogen) atoms. The minimum absolute atomic E-state index is 0.145. The first-order chi connectivity index (χ1) is 7.19. The summed E-state index contributed by atoms with van der Waals surface area (Å²) < 4.78 is 1.02. The summed E-state index contributed by atoms with van der Waals surface area (Å²) in [5.74, 6) is 0.173. The highest BCUT2D eigenvalue weighted by Crippen LogP contribution is 2.44. The molecule has 2 N–H and O–H groups in total. The van der Waals surface area contributed by atoms with E-state index in [0.717, 1.165) is 29.3 Å². The first-order valence-corrected chi connectivity index (χ1v) is 5.98. The summed E-state index contributed by atoms with van der Waals surface area (Å²) in [4.78, 5) is 11.9. The molecule has 0 heterocycles. The average Bonchev–Trinajstić information content (AvgIpc) is 2.16. The number of ketones is 1. The zero-order valence-corrected chi connectivity index (χ0v) is 10.1. The van der Waals surface area contributed by atoms with Crippen molar-refractivity contribution in [2.45, 2.75) is 24.7 Å². The second kappa shape index (κ2) is 4.06. The van der Waals surface area contributed by atoms with E-state index in [1.807, 2.05) is 24.3 Å². The summed E-state index contributed by atoms with van der Waals surface area (Å²) in [5.41, 5.74) is 6.31. The Morgan fingerprint density at radius 1 is 1.47 bits per heavy atom. The summed E-state index contributed by atoms with van der Waals surface area (Å²) in [6.07, 6.45) is 3.01. The van der Waals surface area contributed by atoms with E-state index in [1.54, 1.807) is 0 Å². The Bertz CT molecular complexity index is 385. The van der Waals surface area contributed by atoms with Crippen LogP contribution in [0.15, 0.2) is 28.7 Å². The largest absolute Gasteiger partial charge is 0.324 e. The second-order valence-corrected chi connectivity index (χ2v) is 4.99. The molecule has 0 spiro atoms. The molecule has 0 aliphatic heterocycles. The van der Waals surface area contributed by atoms with Gasteiger partial charge in [0, 0.05) is 4.47 Å². The van der Waals surface area contributed by atoms with Crippen LogP contribution in [-0.2, 0) is 10.2 Å². The summed E-state index contributed by atoms with van der Waals surface area (Å²) in [5, 5.41) is 0. The maximum atomic E-state index is 11.9. The molecule has 1 fully saturated rings. The lowest BCUT2D eigenvalue weighted by atomic mass is 9.62. The lowest BCUT2D eigenvalue weighted by Crippen LogP contribution is -2.45. The van der Waals surface area contributed by atoms with Gasteiger partial charge in [0.15, 0.2) is 5.78 Å². The fourth-order valence-electron chi connectivity index (χ4n) is 2.24. The number of carbonyl (C=O) groups is 1. The lowest BCUT2D eigenvalue weighted by molar-refractivity contribution is -0.126. The number of rotatable bonds is 3. The van der Waals surface area contributed by atoms with Gasteiger partial charge in [-0.3, -0.25) is 4.79 Å². The monoisotopic (exact) mass is 267 g/mol. The van der Waals surface area contributed by atoms with Crippen molar-refractivity contribution in [1.29, 1.82) is 0 Å². The van der Waals surface area contributed by atoms with Gasteiger partial charge >= 0.3 is 0 Å². The molecule has 1 saturated carbocycles. The zero-order valence-electron chi connectivity index (χ0n) is 8.50. The fraction of sp³-hybridized carbons (Fsp3) is 0.417. The minimum atomic E-state index is -0.279. The first-order valence-electron chi connectivity index (χ1n) is 5.18. The maximum Gasteiger partial charge on any atom is 0.156 e. The molecule has 3 heteroatoms. The van der Waals surface area contributed by atoms with Crippen molar-refractivity contribution in [1.82, 2.24) is 0 Å². The Morgan fingerprint density at radius 2 is 2.20 bits per heavy atom. The van der Waals surface area contributed by atoms with Crippen LogP contribution in [0.3, 0.4) is 0 Å². The Kier molecular flexibility index (Phi) is 2.94. The van der Waals surface area contributed by atoms with Crippen LogP contribution >= 0.6 is 15.9 Å². The van der Waals surface area contributed by atoms with Crippen molar-refractivity contribution in [2.75, 3.05) is 6.54 Å². The zero-order chi connectivity index (χ0) is 10.9. The highest BCUT2D eigenvalue weighted by atomic mass is 79.9. The van der Waals surface area contributed by atoms with Gasteiger partial charge in [0.25, 0.3) is 0 Å². The fourth-order valence-corrected chi connectivity index (χ4v) is 2.64. The van der Waals surface area contributed by atoms with Gasteiger partial charge in [-0.2, -0.15) is 0 Å². The Hall–Kier alpha value is -0.670. The molecule has 0 bridgehead atoms. The highest BCUT2D eigenvalue weighted by molar-refractivity contribution is 9.10. The van der Waals surface area contributed by atoms with Gasteiger partial charge in [0.1, 0.15) is 0 Å². The van der Waals surface area contributed by atoms with Gasteiger partial charge < -0.3 is 5.73 Å². The van der Waals surface area contributed by atoms with E-state index in [9.17, 15) is 4.79 Å². The van der Waals surface area contributed by atoms with Crippen molar-refractivity contribution < 1.29 is 4.79 Å². The predicted molar refractivity (Wildman–Crippen MR) is 63.7 cm³/mol. The summed E-state index contributed by atoms with van der Waals surface area (Å²) in [6.45, 7) is 0.145. The number of Topliss-reactive ketones (excluding diaryl/α,β-unsaturated/α-hetero) is 1. The van der Waals surface area contributed by atoms with Gasteiger partial charge in [-0.1, -0.05) is 34.5 Å². The third kappa shape index (κ3) is 1.74. The SMILES string of the molecule is NCC(=O)C1(c2cccc(Br)c2)CCC1. The predicted octanol–water partition coefficient (Wildman–Crippen LogP) is 2.40. The second-order valence-electron chi connectivity index (χ2n) is 4.07. The van der Waals surface area contributed by atoms with Crippen molar-refractivity contribution in [2.24, 2.45) is 5.73 Å². The van der Waals surface area contributed by atoms with E-state index in [2.05, 4.69) is 15.9 Å². The van der Waals surface area contributed by atoms with E-state index < -0.39 is 0 Å². The molecule has 1 aromatic carbocycles. The van der Waals surface area contributed by atoms with Gasteiger partial charge in [-0.05, 0) is 30.5 Å². The van der Waals surface area contributed by atoms with Crippen LogP contribution in [0.2, 0.25) is 0 Å². The van der Waals surface area contributed by atoms with Gasteiger partial charge in [-0.15, -0.1) is 0 Å². The van der Waals surface area contributed by atoms with Crippen LogP contribution in [0.25, 0.3) is 0 Å². The third-order valence-corrected chi connectivity index (χ3v) is 3.80. The Balaban J connectivity index is 2.38. The van der Waals surface area contributed by atoms with Crippen molar-refractivity contribution in [3.05, 3.63) is 34.3 Å². The molecule has 0 unspecified atom stereocenters. The van der Waals surface area contributed by atoms with E-state index >= 15 is 0 Å². The highest BCUT2D eigenvalue weighted by Gasteiger charge is 2.44. The molecule has 80 valence electrons. The summed E-state index contributed by atoms with van der Waals surface area (Å²) in [6, 6.07) is 8.01.